The number of aromatic nitrogens is 3. The quantitative estimate of drug-likeness (QED) is 0.396. The zero-order valence-electron chi connectivity index (χ0n) is 17.0. The van der Waals surface area contributed by atoms with E-state index in [1.165, 1.54) is 36.0 Å². The van der Waals surface area contributed by atoms with Gasteiger partial charge in [0, 0.05) is 12.1 Å². The first kappa shape index (κ1) is 21.7. The molecular formula is C24H20F2N4OS. The van der Waals surface area contributed by atoms with Gasteiger partial charge >= 0.3 is 0 Å². The number of amides is 1. The number of hydrogen-bond acceptors (Lipinski definition) is 4. The van der Waals surface area contributed by atoms with Crippen LogP contribution in [-0.2, 0) is 17.9 Å². The third-order valence-corrected chi connectivity index (χ3v) is 5.70. The van der Waals surface area contributed by atoms with Crippen molar-refractivity contribution in [3.05, 3.63) is 102 Å². The normalized spacial score (nSPS) is 10.8. The van der Waals surface area contributed by atoms with E-state index >= 15 is 0 Å². The van der Waals surface area contributed by atoms with Gasteiger partial charge in [0.2, 0.25) is 5.91 Å². The molecule has 0 spiro atoms. The van der Waals surface area contributed by atoms with Gasteiger partial charge in [0.15, 0.2) is 11.0 Å². The third-order valence-electron chi connectivity index (χ3n) is 4.74. The molecule has 0 unspecified atom stereocenters. The molecule has 0 aliphatic rings. The Bertz CT molecular complexity index is 1180. The van der Waals surface area contributed by atoms with E-state index in [0.717, 1.165) is 16.7 Å². The van der Waals surface area contributed by atoms with Gasteiger partial charge in [0.05, 0.1) is 12.3 Å². The number of nitrogens with one attached hydrogen (secondary N) is 1. The molecule has 0 bridgehead atoms. The Labute approximate surface area is 188 Å². The van der Waals surface area contributed by atoms with Crippen molar-refractivity contribution in [1.82, 2.24) is 20.1 Å². The molecule has 32 heavy (non-hydrogen) atoms. The highest BCUT2D eigenvalue weighted by atomic mass is 32.2. The molecule has 8 heteroatoms. The van der Waals surface area contributed by atoms with E-state index < -0.39 is 0 Å². The molecule has 1 amide bonds. The summed E-state index contributed by atoms with van der Waals surface area (Å²) in [5, 5.41) is 12.0. The fourth-order valence-corrected chi connectivity index (χ4v) is 3.87. The van der Waals surface area contributed by atoms with E-state index in [-0.39, 0.29) is 23.3 Å². The fourth-order valence-electron chi connectivity index (χ4n) is 3.10. The predicted octanol–water partition coefficient (Wildman–Crippen LogP) is 4.68. The number of carbonyl (C=O) groups is 1. The molecule has 4 rings (SSSR count). The van der Waals surface area contributed by atoms with Crippen molar-refractivity contribution in [2.75, 3.05) is 5.75 Å². The summed E-state index contributed by atoms with van der Waals surface area (Å²) < 4.78 is 28.3. The Morgan fingerprint density at radius 1 is 0.844 bits per heavy atom. The Hall–Kier alpha value is -3.52. The molecule has 1 heterocycles. The molecule has 0 radical (unpaired) electrons. The molecular weight excluding hydrogens is 430 g/mol. The number of halogens is 2. The zero-order chi connectivity index (χ0) is 22.3. The Morgan fingerprint density at radius 3 is 2.19 bits per heavy atom. The maximum atomic E-state index is 13.4. The van der Waals surface area contributed by atoms with Crippen LogP contribution in [0.15, 0.2) is 84.0 Å². The van der Waals surface area contributed by atoms with E-state index in [0.29, 0.717) is 24.1 Å². The first-order valence-electron chi connectivity index (χ1n) is 9.95. The van der Waals surface area contributed by atoms with Crippen molar-refractivity contribution < 1.29 is 13.6 Å². The fraction of sp³-hybridized carbons (Fsp3) is 0.125. The van der Waals surface area contributed by atoms with E-state index in [1.807, 2.05) is 34.9 Å². The topological polar surface area (TPSA) is 59.8 Å². The van der Waals surface area contributed by atoms with Crippen molar-refractivity contribution in [2.45, 2.75) is 18.2 Å². The molecule has 0 aliphatic heterocycles. The van der Waals surface area contributed by atoms with Gasteiger partial charge in [-0.2, -0.15) is 0 Å². The van der Waals surface area contributed by atoms with E-state index in [1.54, 1.807) is 24.3 Å². The van der Waals surface area contributed by atoms with Crippen LogP contribution >= 0.6 is 11.8 Å². The Morgan fingerprint density at radius 2 is 1.50 bits per heavy atom. The second kappa shape index (κ2) is 10.2. The van der Waals surface area contributed by atoms with Crippen LogP contribution in [-0.4, -0.2) is 26.4 Å². The zero-order valence-corrected chi connectivity index (χ0v) is 17.9. The van der Waals surface area contributed by atoms with Crippen molar-refractivity contribution in [3.63, 3.8) is 0 Å². The molecule has 3 aromatic carbocycles. The van der Waals surface area contributed by atoms with Crippen LogP contribution in [0.2, 0.25) is 0 Å². The number of benzene rings is 3. The summed E-state index contributed by atoms with van der Waals surface area (Å²) in [7, 11) is 0. The molecule has 162 valence electrons. The first-order chi connectivity index (χ1) is 15.6. The minimum absolute atomic E-state index is 0.150. The molecule has 4 aromatic rings. The Kier molecular flexibility index (Phi) is 6.91. The van der Waals surface area contributed by atoms with Crippen molar-refractivity contribution >= 4 is 17.7 Å². The van der Waals surface area contributed by atoms with Gasteiger partial charge in [-0.05, 0) is 47.5 Å². The highest BCUT2D eigenvalue weighted by Crippen LogP contribution is 2.25. The number of hydrogen-bond donors (Lipinski definition) is 1. The van der Waals surface area contributed by atoms with Crippen LogP contribution in [0, 0.1) is 11.6 Å². The maximum Gasteiger partial charge on any atom is 0.230 e. The average Bonchev–Trinajstić information content (AvgIpc) is 3.21. The summed E-state index contributed by atoms with van der Waals surface area (Å²) >= 11 is 1.27. The van der Waals surface area contributed by atoms with Gasteiger partial charge < -0.3 is 5.32 Å². The molecule has 0 atom stereocenters. The lowest BCUT2D eigenvalue weighted by Gasteiger charge is -2.11. The van der Waals surface area contributed by atoms with Crippen molar-refractivity contribution in [2.24, 2.45) is 0 Å². The molecule has 5 nitrogen and oxygen atoms in total. The van der Waals surface area contributed by atoms with Gasteiger partial charge in [0.25, 0.3) is 0 Å². The lowest BCUT2D eigenvalue weighted by molar-refractivity contribution is -0.118. The van der Waals surface area contributed by atoms with E-state index in [9.17, 15) is 13.6 Å². The molecule has 0 saturated heterocycles. The molecule has 1 aromatic heterocycles. The summed E-state index contributed by atoms with van der Waals surface area (Å²) in [6.07, 6.45) is 0. The van der Waals surface area contributed by atoms with E-state index in [4.69, 9.17) is 0 Å². The minimum Gasteiger partial charge on any atom is -0.351 e. The Balaban J connectivity index is 1.48. The molecule has 0 aliphatic carbocycles. The molecule has 0 fully saturated rings. The van der Waals surface area contributed by atoms with E-state index in [2.05, 4.69) is 15.5 Å². The average molecular weight is 451 g/mol. The van der Waals surface area contributed by atoms with Crippen LogP contribution in [0.1, 0.15) is 11.1 Å². The van der Waals surface area contributed by atoms with Gasteiger partial charge in [-0.25, -0.2) is 8.78 Å². The lowest BCUT2D eigenvalue weighted by Crippen LogP contribution is -2.24. The first-order valence-corrected chi connectivity index (χ1v) is 10.9. The summed E-state index contributed by atoms with van der Waals surface area (Å²) in [4.78, 5) is 12.3. The van der Waals surface area contributed by atoms with Gasteiger partial charge in [-0.1, -0.05) is 54.2 Å². The van der Waals surface area contributed by atoms with Crippen LogP contribution in [0.5, 0.6) is 0 Å². The highest BCUT2D eigenvalue weighted by Gasteiger charge is 2.16. The number of nitrogens with zero attached hydrogens (tertiary/aromatic N) is 3. The van der Waals surface area contributed by atoms with Gasteiger partial charge in [-0.15, -0.1) is 10.2 Å². The minimum atomic E-state index is -0.324. The SMILES string of the molecule is O=C(CSc1nnc(-c2ccc(F)cc2)n1Cc1ccccc1)NCc1ccc(F)cc1. The summed E-state index contributed by atoms with van der Waals surface area (Å²) in [6, 6.07) is 21.9. The maximum absolute atomic E-state index is 13.4. The predicted molar refractivity (Wildman–Crippen MR) is 120 cm³/mol. The monoisotopic (exact) mass is 450 g/mol. The summed E-state index contributed by atoms with van der Waals surface area (Å²) in [5.41, 5.74) is 2.61. The number of carbonyl (C=O) groups excluding carboxylic acids is 1. The van der Waals surface area contributed by atoms with Gasteiger partial charge in [0.1, 0.15) is 11.6 Å². The van der Waals surface area contributed by atoms with Crippen LogP contribution < -0.4 is 5.32 Å². The van der Waals surface area contributed by atoms with Crippen molar-refractivity contribution in [1.29, 1.82) is 0 Å². The summed E-state index contributed by atoms with van der Waals surface area (Å²) in [5.74, 6) is -0.0574. The highest BCUT2D eigenvalue weighted by molar-refractivity contribution is 7.99. The van der Waals surface area contributed by atoms with Gasteiger partial charge in [-0.3, -0.25) is 9.36 Å². The smallest absolute Gasteiger partial charge is 0.230 e. The third kappa shape index (κ3) is 5.59. The van der Waals surface area contributed by atoms with Crippen LogP contribution in [0.25, 0.3) is 11.4 Å². The number of thioether (sulfide) groups is 1. The largest absolute Gasteiger partial charge is 0.351 e. The van der Waals surface area contributed by atoms with Crippen LogP contribution in [0.4, 0.5) is 8.78 Å². The summed E-state index contributed by atoms with van der Waals surface area (Å²) in [6.45, 7) is 0.831. The number of rotatable bonds is 8. The molecule has 1 N–H and O–H groups in total. The lowest BCUT2D eigenvalue weighted by atomic mass is 10.2. The second-order valence-corrected chi connectivity index (χ2v) is 8.02. The molecule has 0 saturated carbocycles. The standard InChI is InChI=1S/C24H20F2N4OS/c25-20-10-6-17(7-11-20)14-27-22(31)16-32-24-29-28-23(19-8-12-21(26)13-9-19)30(24)15-18-4-2-1-3-5-18/h1-13H,14-16H2,(H,27,31). The van der Waals surface area contributed by atoms with Crippen molar-refractivity contribution in [3.8, 4) is 11.4 Å². The second-order valence-electron chi connectivity index (χ2n) is 7.08. The van der Waals surface area contributed by atoms with Crippen LogP contribution in [0.3, 0.4) is 0 Å².